The minimum atomic E-state index is -1.05. The Kier molecular flexibility index (Phi) is 10.1. The van der Waals surface area contributed by atoms with Crippen LogP contribution in [0.5, 0.6) is 0 Å². The average molecular weight is 772 g/mol. The number of anilines is 2. The van der Waals surface area contributed by atoms with Crippen LogP contribution in [0, 0.1) is 25.5 Å². The quantitative estimate of drug-likeness (QED) is 0.119. The summed E-state index contributed by atoms with van der Waals surface area (Å²) in [5.74, 6) is -4.33. The third-order valence-corrected chi connectivity index (χ3v) is 10.3. The van der Waals surface area contributed by atoms with Crippen molar-refractivity contribution in [2.45, 2.75) is 13.8 Å². The monoisotopic (exact) mass is 770 g/mol. The van der Waals surface area contributed by atoms with Gasteiger partial charge >= 0.3 is 11.9 Å². The number of hydrogen-bond acceptors (Lipinski definition) is 7. The SMILES string of the molecule is Cc1ccc(-c2csc(NC(=O)c3ccc(F)cc3)c2C(=O)OC(=O)c2c(-c3ccccc3Br)csc2NC(=O)c2ccc(F)cc2)cc1C. The van der Waals surface area contributed by atoms with Crippen molar-refractivity contribution in [3.63, 3.8) is 0 Å². The van der Waals surface area contributed by atoms with Gasteiger partial charge in [0.15, 0.2) is 0 Å². The van der Waals surface area contributed by atoms with Crippen LogP contribution in [0.15, 0.2) is 106 Å². The Morgan fingerprint density at radius 2 is 1.12 bits per heavy atom. The molecule has 250 valence electrons. The first-order valence-electron chi connectivity index (χ1n) is 15.0. The molecule has 12 heteroatoms. The third kappa shape index (κ3) is 7.32. The maximum Gasteiger partial charge on any atom is 0.349 e. The number of rotatable bonds is 8. The number of amides is 2. The highest BCUT2D eigenvalue weighted by molar-refractivity contribution is 9.10. The summed E-state index contributed by atoms with van der Waals surface area (Å²) in [6.45, 7) is 3.87. The van der Waals surface area contributed by atoms with E-state index < -0.39 is 35.4 Å². The molecule has 0 radical (unpaired) electrons. The smallest absolute Gasteiger partial charge is 0.349 e. The normalized spacial score (nSPS) is 10.8. The van der Waals surface area contributed by atoms with Crippen molar-refractivity contribution in [3.8, 4) is 22.3 Å². The van der Waals surface area contributed by atoms with Crippen LogP contribution in [0.2, 0.25) is 0 Å². The van der Waals surface area contributed by atoms with Crippen molar-refractivity contribution >= 4 is 72.4 Å². The summed E-state index contributed by atoms with van der Waals surface area (Å²) < 4.78 is 33.3. The Hall–Kier alpha value is -5.30. The van der Waals surface area contributed by atoms with Gasteiger partial charge in [-0.3, -0.25) is 9.59 Å². The van der Waals surface area contributed by atoms with E-state index in [0.29, 0.717) is 26.7 Å². The van der Waals surface area contributed by atoms with Gasteiger partial charge in [-0.15, -0.1) is 22.7 Å². The lowest BCUT2D eigenvalue weighted by Gasteiger charge is -2.12. The van der Waals surface area contributed by atoms with E-state index in [1.807, 2.05) is 32.0 Å². The molecule has 2 aromatic heterocycles. The Bertz CT molecular complexity index is 2280. The van der Waals surface area contributed by atoms with E-state index in [-0.39, 0.29) is 32.3 Å². The highest BCUT2D eigenvalue weighted by Gasteiger charge is 2.30. The van der Waals surface area contributed by atoms with E-state index >= 15 is 0 Å². The average Bonchev–Trinajstić information content (AvgIpc) is 3.71. The lowest BCUT2D eigenvalue weighted by atomic mass is 9.99. The van der Waals surface area contributed by atoms with E-state index in [9.17, 15) is 28.0 Å². The van der Waals surface area contributed by atoms with Gasteiger partial charge in [-0.2, -0.15) is 0 Å². The number of benzene rings is 4. The summed E-state index contributed by atoms with van der Waals surface area (Å²) in [5, 5.41) is 8.97. The van der Waals surface area contributed by atoms with Crippen LogP contribution in [0.4, 0.5) is 18.8 Å². The highest BCUT2D eigenvalue weighted by atomic mass is 79.9. The molecule has 0 aliphatic heterocycles. The summed E-state index contributed by atoms with van der Waals surface area (Å²) in [4.78, 5) is 54.4. The molecule has 4 aromatic carbocycles. The molecule has 2 N–H and O–H groups in total. The van der Waals surface area contributed by atoms with Crippen LogP contribution in [0.3, 0.4) is 0 Å². The molecule has 0 saturated carbocycles. The zero-order valence-corrected chi connectivity index (χ0v) is 29.5. The van der Waals surface area contributed by atoms with Crippen LogP contribution in [0.25, 0.3) is 22.3 Å². The molecule has 0 bridgehead atoms. The van der Waals surface area contributed by atoms with Gasteiger partial charge < -0.3 is 15.4 Å². The Morgan fingerprint density at radius 3 is 1.64 bits per heavy atom. The number of halogens is 3. The van der Waals surface area contributed by atoms with Crippen molar-refractivity contribution in [1.29, 1.82) is 0 Å². The van der Waals surface area contributed by atoms with Gasteiger partial charge in [0.25, 0.3) is 11.8 Å². The fourth-order valence-corrected chi connectivity index (χ4v) is 7.44. The molecular formula is C38H25BrF2N2O5S2. The molecular weight excluding hydrogens is 746 g/mol. The van der Waals surface area contributed by atoms with E-state index in [1.165, 1.54) is 24.3 Å². The van der Waals surface area contributed by atoms with E-state index in [1.54, 1.807) is 35.0 Å². The summed E-state index contributed by atoms with van der Waals surface area (Å²) in [5.41, 5.74) is 4.22. The standard InChI is InChI=1S/C38H25BrF2N2O5S2/c1-20-7-8-24(17-21(20)2)28-18-49-35(42-33(44)22-9-13-25(40)14-10-22)31(28)37(46)48-38(47)32-29(27-5-3-4-6-30(27)39)19-50-36(32)43-34(45)23-11-15-26(41)16-12-23/h3-19H,1-2H3,(H,42,44)(H,43,45). The molecule has 0 aliphatic rings. The maximum absolute atomic E-state index is 14.1. The molecule has 0 atom stereocenters. The molecule has 0 aliphatic carbocycles. The topological polar surface area (TPSA) is 102 Å². The number of esters is 2. The minimum Gasteiger partial charge on any atom is -0.386 e. The molecule has 6 aromatic rings. The second-order valence-corrected chi connectivity index (χ2v) is 13.7. The van der Waals surface area contributed by atoms with Crippen molar-refractivity contribution in [3.05, 3.63) is 151 Å². The number of ether oxygens (including phenoxy) is 1. The lowest BCUT2D eigenvalue weighted by molar-refractivity contribution is 0.0401. The second-order valence-electron chi connectivity index (χ2n) is 11.1. The van der Waals surface area contributed by atoms with E-state index in [2.05, 4.69) is 26.6 Å². The van der Waals surface area contributed by atoms with Crippen molar-refractivity contribution in [2.24, 2.45) is 0 Å². The summed E-state index contributed by atoms with van der Waals surface area (Å²) in [6, 6.07) is 22.5. The summed E-state index contributed by atoms with van der Waals surface area (Å²) in [7, 11) is 0. The van der Waals surface area contributed by atoms with Gasteiger partial charge in [0.2, 0.25) is 0 Å². The van der Waals surface area contributed by atoms with Crippen LogP contribution >= 0.6 is 38.6 Å². The lowest BCUT2D eigenvalue weighted by Crippen LogP contribution is -2.19. The second kappa shape index (κ2) is 14.7. The van der Waals surface area contributed by atoms with Crippen molar-refractivity contribution in [1.82, 2.24) is 0 Å². The number of carbonyl (C=O) groups is 4. The van der Waals surface area contributed by atoms with Crippen LogP contribution < -0.4 is 10.6 Å². The van der Waals surface area contributed by atoms with Gasteiger partial charge in [-0.05, 0) is 90.7 Å². The van der Waals surface area contributed by atoms with Crippen molar-refractivity contribution < 1.29 is 32.7 Å². The van der Waals surface area contributed by atoms with Gasteiger partial charge in [0, 0.05) is 37.5 Å². The predicted molar refractivity (Wildman–Crippen MR) is 195 cm³/mol. The first-order chi connectivity index (χ1) is 24.0. The first kappa shape index (κ1) is 34.6. The zero-order chi connectivity index (χ0) is 35.5. The maximum atomic E-state index is 14.1. The summed E-state index contributed by atoms with van der Waals surface area (Å²) in [6.07, 6.45) is 0. The third-order valence-electron chi connectivity index (χ3n) is 7.82. The molecule has 50 heavy (non-hydrogen) atoms. The predicted octanol–water partition coefficient (Wildman–Crippen LogP) is 10.3. The van der Waals surface area contributed by atoms with Gasteiger partial charge in [-0.25, -0.2) is 18.4 Å². The largest absolute Gasteiger partial charge is 0.386 e. The molecule has 0 unspecified atom stereocenters. The van der Waals surface area contributed by atoms with E-state index in [4.69, 9.17) is 4.74 Å². The number of hydrogen-bond donors (Lipinski definition) is 2. The molecule has 7 nitrogen and oxygen atoms in total. The Balaban J connectivity index is 1.39. The number of nitrogens with one attached hydrogen (secondary N) is 2. The molecule has 2 amide bonds. The molecule has 0 saturated heterocycles. The molecule has 6 rings (SSSR count). The Labute approximate surface area is 301 Å². The number of carbonyl (C=O) groups excluding carboxylic acids is 4. The van der Waals surface area contributed by atoms with Gasteiger partial charge in [-0.1, -0.05) is 52.3 Å². The van der Waals surface area contributed by atoms with E-state index in [0.717, 1.165) is 58.1 Å². The van der Waals surface area contributed by atoms with Crippen LogP contribution in [-0.4, -0.2) is 23.8 Å². The minimum absolute atomic E-state index is 0.0587. The van der Waals surface area contributed by atoms with Crippen LogP contribution in [0.1, 0.15) is 52.6 Å². The highest BCUT2D eigenvalue weighted by Crippen LogP contribution is 2.41. The van der Waals surface area contributed by atoms with Gasteiger partial charge in [0.1, 0.15) is 32.8 Å². The van der Waals surface area contributed by atoms with Crippen molar-refractivity contribution in [2.75, 3.05) is 10.6 Å². The zero-order valence-electron chi connectivity index (χ0n) is 26.3. The molecule has 0 fully saturated rings. The fourth-order valence-electron chi connectivity index (χ4n) is 5.04. The first-order valence-corrected chi connectivity index (χ1v) is 17.5. The number of thiophene rings is 2. The Morgan fingerprint density at radius 1 is 0.620 bits per heavy atom. The number of aryl methyl sites for hydroxylation is 2. The van der Waals surface area contributed by atoms with Gasteiger partial charge in [0.05, 0.1) is 0 Å². The molecule has 0 spiro atoms. The van der Waals surface area contributed by atoms with Crippen LogP contribution in [-0.2, 0) is 4.74 Å². The fraction of sp³-hybridized carbons (Fsp3) is 0.0526. The summed E-state index contributed by atoms with van der Waals surface area (Å²) >= 11 is 5.62. The molecule has 2 heterocycles.